The fourth-order valence-corrected chi connectivity index (χ4v) is 25.8. The smallest absolute Gasteiger partial charge is 0.143 e. The van der Waals surface area contributed by atoms with Crippen LogP contribution in [-0.2, 0) is 0 Å². The van der Waals surface area contributed by atoms with Crippen molar-refractivity contribution in [2.24, 2.45) is 0 Å². The minimum atomic E-state index is 0.793. The number of nitrogens with zero attached hydrogens (tertiary/aromatic N) is 20. The van der Waals surface area contributed by atoms with Gasteiger partial charge < -0.3 is 0 Å². The zero-order valence-corrected chi connectivity index (χ0v) is 65.1. The molecule has 0 aliphatic heterocycles. The van der Waals surface area contributed by atoms with E-state index in [1.165, 1.54) is 0 Å². The molecule has 0 unspecified atom stereocenters. The maximum atomic E-state index is 4.99. The van der Waals surface area contributed by atoms with Crippen LogP contribution in [0.5, 0.6) is 0 Å². The van der Waals surface area contributed by atoms with Crippen LogP contribution in [0.3, 0.4) is 0 Å². The molecule has 0 atom stereocenters. The first-order valence-corrected chi connectivity index (χ1v) is 46.1. The normalized spacial score (nSPS) is 11.8. The van der Waals surface area contributed by atoms with Crippen molar-refractivity contribution < 1.29 is 0 Å². The lowest BCUT2D eigenvalue weighted by Crippen LogP contribution is -1.83. The Morgan fingerprint density at radius 2 is 0.290 bits per heavy atom. The van der Waals surface area contributed by atoms with Gasteiger partial charge in [-0.2, -0.15) is 0 Å². The number of hydrogen-bond acceptors (Lipinski definition) is 40. The highest BCUT2D eigenvalue weighted by Crippen LogP contribution is 2.44. The molecule has 20 heterocycles. The number of rotatable bonds is 19. The predicted octanol–water partition coefficient (Wildman–Crippen LogP) is 22.5. The Labute approximate surface area is 641 Å². The van der Waals surface area contributed by atoms with Crippen molar-refractivity contribution in [1.82, 2.24) is 99.7 Å². The molecule has 0 spiro atoms. The molecular weight excluding hydrogens is 1640 g/mol. The van der Waals surface area contributed by atoms with Gasteiger partial charge in [-0.1, -0.05) is 0 Å². The van der Waals surface area contributed by atoms with Crippen molar-refractivity contribution in [3.05, 3.63) is 119 Å². The molecule has 0 N–H and O–H groups in total. The molecule has 100 heavy (non-hydrogen) atoms. The van der Waals surface area contributed by atoms with Crippen LogP contribution < -0.4 is 0 Å². The fraction of sp³-hybridized carbons (Fsp3) is 0. The van der Waals surface area contributed by atoms with Crippen LogP contribution in [0.4, 0.5) is 0 Å². The molecule has 20 aromatic rings. The molecule has 0 aliphatic rings. The predicted molar refractivity (Wildman–Crippen MR) is 423 cm³/mol. The second kappa shape index (κ2) is 26.5. The van der Waals surface area contributed by atoms with Crippen molar-refractivity contribution in [3.63, 3.8) is 0 Å². The Morgan fingerprint density at radius 3 is 0.420 bits per heavy atom. The Balaban J connectivity index is 0.448. The summed E-state index contributed by atoms with van der Waals surface area (Å²) < 4.78 is 0. The van der Waals surface area contributed by atoms with E-state index in [-0.39, 0.29) is 0 Å². The summed E-state index contributed by atoms with van der Waals surface area (Å²) in [5, 5.41) is 56.3. The number of thiazole rings is 20. The van der Waals surface area contributed by atoms with Gasteiger partial charge in [-0.15, -0.1) is 227 Å². The third-order valence-electron chi connectivity index (χ3n) is 14.1. The average molecular weight is 1660 g/mol. The molecule has 0 fully saturated rings. The van der Waals surface area contributed by atoms with Gasteiger partial charge in [0.2, 0.25) is 0 Å². The summed E-state index contributed by atoms with van der Waals surface area (Å²) in [5.74, 6) is 0. The van der Waals surface area contributed by atoms with Crippen molar-refractivity contribution >= 4 is 227 Å². The Kier molecular flexibility index (Phi) is 16.5. The topological polar surface area (TPSA) is 258 Å². The van der Waals surface area contributed by atoms with E-state index >= 15 is 0 Å². The van der Waals surface area contributed by atoms with Crippen molar-refractivity contribution in [2.45, 2.75) is 0 Å². The van der Waals surface area contributed by atoms with Gasteiger partial charge in [0.05, 0.1) is 5.51 Å². The first-order valence-electron chi connectivity index (χ1n) is 28.4. The molecule has 40 heteroatoms. The fourth-order valence-electron chi connectivity index (χ4n) is 9.48. The maximum Gasteiger partial charge on any atom is 0.143 e. The van der Waals surface area contributed by atoms with Gasteiger partial charge in [0.1, 0.15) is 203 Å². The van der Waals surface area contributed by atoms with E-state index in [1.54, 1.807) is 233 Å². The zero-order chi connectivity index (χ0) is 65.8. The van der Waals surface area contributed by atoms with Crippen LogP contribution in [0, 0.1) is 0 Å². The molecule has 0 bridgehead atoms. The zero-order valence-electron chi connectivity index (χ0n) is 48.8. The quantitative estimate of drug-likeness (QED) is 0.0728. The van der Waals surface area contributed by atoms with Gasteiger partial charge in [-0.05, 0) is 0 Å². The van der Waals surface area contributed by atoms with Gasteiger partial charge in [0.15, 0.2) is 0 Å². The van der Waals surface area contributed by atoms with Gasteiger partial charge >= 0.3 is 0 Å². The summed E-state index contributed by atoms with van der Waals surface area (Å²) in [6, 6.07) is 0. The largest absolute Gasteiger partial charge is 0.243 e. The second-order valence-electron chi connectivity index (χ2n) is 20.4. The summed E-state index contributed by atoms with van der Waals surface area (Å²) in [6.07, 6.45) is 1.79. The van der Waals surface area contributed by atoms with Crippen LogP contribution in [0.1, 0.15) is 0 Å². The third kappa shape index (κ3) is 12.2. The summed E-state index contributed by atoms with van der Waals surface area (Å²) >= 11 is 31.0. The summed E-state index contributed by atoms with van der Waals surface area (Å²) in [5.41, 5.74) is 17.3. The van der Waals surface area contributed by atoms with Crippen molar-refractivity contribution in [3.8, 4) is 203 Å². The summed E-state index contributed by atoms with van der Waals surface area (Å²) in [4.78, 5) is 97.6. The van der Waals surface area contributed by atoms with Crippen LogP contribution in [-0.4, -0.2) is 99.7 Å². The molecule has 0 amide bonds. The Bertz CT molecular complexity index is 5900. The van der Waals surface area contributed by atoms with E-state index in [4.69, 9.17) is 89.7 Å². The average Bonchev–Trinajstić information content (AvgIpc) is 1.67. The molecule has 0 aromatic carbocycles. The second-order valence-corrected chi connectivity index (χ2v) is 37.5. The maximum absolute atomic E-state index is 4.99. The van der Waals surface area contributed by atoms with Crippen LogP contribution in [0.15, 0.2) is 119 Å². The first kappa shape index (κ1) is 62.4. The molecular formula is C60H22N20S20. The Morgan fingerprint density at radius 1 is 0.140 bits per heavy atom. The van der Waals surface area contributed by atoms with Crippen molar-refractivity contribution in [2.75, 3.05) is 0 Å². The lowest BCUT2D eigenvalue weighted by Gasteiger charge is -1.91. The number of aromatic nitrogens is 20. The van der Waals surface area contributed by atoms with E-state index in [0.29, 0.717) is 0 Å². The van der Waals surface area contributed by atoms with Gasteiger partial charge in [-0.3, -0.25) is 0 Å². The van der Waals surface area contributed by atoms with Gasteiger partial charge in [-0.25, -0.2) is 99.7 Å². The van der Waals surface area contributed by atoms with Crippen molar-refractivity contribution in [1.29, 1.82) is 0 Å². The molecule has 0 radical (unpaired) electrons. The van der Waals surface area contributed by atoms with Crippen LogP contribution in [0.25, 0.3) is 203 Å². The number of hydrogen-bond donors (Lipinski definition) is 0. The highest BCUT2D eigenvalue weighted by molar-refractivity contribution is 7.22. The van der Waals surface area contributed by atoms with Gasteiger partial charge in [0, 0.05) is 114 Å². The molecule has 0 aliphatic carbocycles. The third-order valence-corrected chi connectivity index (χ3v) is 31.1. The van der Waals surface area contributed by atoms with E-state index in [2.05, 4.69) is 9.97 Å². The van der Waals surface area contributed by atoms with Gasteiger partial charge in [0.25, 0.3) is 0 Å². The standard InChI is InChI=1S/C60H22N20S20/c1-2-82-42(61-1)24-4-84-44(63-24)26-6-86-46(65-26)28-8-88-48(67-28)30-10-90-50(69-30)32-12-92-52(71-32)34-14-94-54(73-34)36-16-96-56(75-36)38-18-98-58(77-38)40-20-100-60(79-40)41-21-99-59(80-41)39-19-97-57(78-39)37-17-95-55(76-37)35-15-93-53(74-35)33-13-91-51(72-33)31-11-89-49(70-31)29-9-87-47(68-29)27-7-85-45(66-27)25-5-83-43(64-25)23-3-81-22-62-23/h1-22H. The monoisotopic (exact) mass is 1660 g/mol. The highest BCUT2D eigenvalue weighted by atomic mass is 32.2. The van der Waals surface area contributed by atoms with Crippen LogP contribution in [0.2, 0.25) is 0 Å². The highest BCUT2D eigenvalue weighted by Gasteiger charge is 2.24. The van der Waals surface area contributed by atoms with E-state index in [0.717, 1.165) is 203 Å². The molecule has 0 saturated heterocycles. The first-order chi connectivity index (χ1) is 49.4. The van der Waals surface area contributed by atoms with Crippen LogP contribution >= 0.6 is 227 Å². The molecule has 482 valence electrons. The molecule has 20 nitrogen and oxygen atoms in total. The molecule has 20 rings (SSSR count). The summed E-state index contributed by atoms with van der Waals surface area (Å²) in [7, 11) is 0. The van der Waals surface area contributed by atoms with E-state index in [1.807, 2.05) is 113 Å². The molecule has 20 aromatic heterocycles. The lowest BCUT2D eigenvalue weighted by molar-refractivity contribution is 1.28. The Hall–Kier alpha value is -7.40. The van der Waals surface area contributed by atoms with E-state index < -0.39 is 0 Å². The minimum Gasteiger partial charge on any atom is -0.243 e. The lowest BCUT2D eigenvalue weighted by atomic mass is 10.4. The minimum absolute atomic E-state index is 0.793. The summed E-state index contributed by atoms with van der Waals surface area (Å²) in [6.45, 7) is 0. The SMILES string of the molecule is c1csc(-c2csc(-c3csc(-c4csc(-c5csc(-c6csc(-c7csc(-c8csc(-c9csc(-c%10csc(-c%11csc(-c%12csc(-c%13csc(-c%14csc(-c%15csc(-c%16csc(-c%17csc(-c%18csc(-c%19csc(-c%20cscn%20)n%19)n%18)n%17)n%16)n%15)n%14)n%13)n%12)n%11)n%10)n9)n8)n7)n6)n5)n4)n3)n2)n1. The van der Waals surface area contributed by atoms with E-state index in [9.17, 15) is 0 Å². The molecule has 0 saturated carbocycles.